The van der Waals surface area contributed by atoms with Gasteiger partial charge in [0.05, 0.1) is 28.2 Å². The Morgan fingerprint density at radius 2 is 0.677 bits per heavy atom. The molecular weight excluding hydrogens is 785 g/mol. The Morgan fingerprint density at radius 1 is 0.277 bits per heavy atom. The Morgan fingerprint density at radius 3 is 1.23 bits per heavy atom. The number of rotatable bonds is 6. The van der Waals surface area contributed by atoms with Crippen LogP contribution >= 0.6 is 0 Å². The molecule has 0 N–H and O–H groups in total. The third kappa shape index (κ3) is 6.09. The zero-order valence-electron chi connectivity index (χ0n) is 36.5. The summed E-state index contributed by atoms with van der Waals surface area (Å²) in [6.07, 6.45) is 0. The molecule has 12 rings (SSSR count). The number of benzene rings is 10. The third-order valence-electron chi connectivity index (χ3n) is 13.8. The lowest BCUT2D eigenvalue weighted by molar-refractivity contribution is 0.719. The molecule has 2 aliphatic heterocycles. The zero-order valence-corrected chi connectivity index (χ0v) is 36.5. The van der Waals surface area contributed by atoms with Crippen LogP contribution in [0.4, 0.5) is 34.1 Å². The maximum absolute atomic E-state index is 2.48. The topological polar surface area (TPSA) is 6.48 Å². The number of anilines is 6. The number of hydrogen-bond donors (Lipinski definition) is 0. The van der Waals surface area contributed by atoms with E-state index in [1.807, 2.05) is 0 Å². The first-order chi connectivity index (χ1) is 32.1. The van der Waals surface area contributed by atoms with Crippen LogP contribution in [0.1, 0.15) is 33.4 Å². The van der Waals surface area contributed by atoms with Gasteiger partial charge in [-0.25, -0.2) is 0 Å². The van der Waals surface area contributed by atoms with Crippen LogP contribution in [0.3, 0.4) is 0 Å². The van der Waals surface area contributed by atoms with E-state index in [1.165, 1.54) is 101 Å². The molecule has 0 fully saturated rings. The van der Waals surface area contributed by atoms with Crippen molar-refractivity contribution < 1.29 is 0 Å². The average molecular weight is 831 g/mol. The molecule has 2 aliphatic rings. The smallest absolute Gasteiger partial charge is 0.0783 e. The Bertz CT molecular complexity index is 3340. The highest BCUT2D eigenvalue weighted by atomic mass is 15.2. The maximum atomic E-state index is 2.48. The predicted octanol–water partition coefficient (Wildman–Crippen LogP) is 16.9. The van der Waals surface area contributed by atoms with Crippen molar-refractivity contribution in [2.75, 3.05) is 9.80 Å². The van der Waals surface area contributed by atoms with Crippen LogP contribution < -0.4 is 9.80 Å². The van der Waals surface area contributed by atoms with E-state index in [9.17, 15) is 0 Å². The summed E-state index contributed by atoms with van der Waals surface area (Å²) in [5.41, 5.74) is 23.6. The van der Waals surface area contributed by atoms with Crippen molar-refractivity contribution in [3.8, 4) is 44.5 Å². The van der Waals surface area contributed by atoms with Crippen LogP contribution in [0, 0.1) is 13.8 Å². The maximum Gasteiger partial charge on any atom is 0.0783 e. The predicted molar refractivity (Wildman–Crippen MR) is 272 cm³/mol. The van der Waals surface area contributed by atoms with Crippen LogP contribution in [-0.4, -0.2) is 0 Å². The summed E-state index contributed by atoms with van der Waals surface area (Å²) >= 11 is 0. The molecule has 65 heavy (non-hydrogen) atoms. The number of nitrogens with zero attached hydrogens (tertiary/aromatic N) is 2. The number of aryl methyl sites for hydroxylation is 2. The first kappa shape index (κ1) is 38.5. The van der Waals surface area contributed by atoms with Crippen LogP contribution in [0.15, 0.2) is 243 Å². The fraction of sp³-hybridized carbons (Fsp3) is 0.0476. The fourth-order valence-electron chi connectivity index (χ4n) is 10.8. The molecular formula is C63H46N2. The van der Waals surface area contributed by atoms with Gasteiger partial charge in [-0.2, -0.15) is 0 Å². The van der Waals surface area contributed by atoms with Gasteiger partial charge in [0.1, 0.15) is 0 Å². The lowest BCUT2D eigenvalue weighted by atomic mass is 9.60. The van der Waals surface area contributed by atoms with E-state index in [0.717, 1.165) is 11.4 Å². The highest BCUT2D eigenvalue weighted by Gasteiger charge is 2.52. The van der Waals surface area contributed by atoms with Crippen molar-refractivity contribution in [2.24, 2.45) is 0 Å². The molecule has 2 nitrogen and oxygen atoms in total. The SMILES string of the molecule is Cc1ccccc1-c1c(C)cccc1-c1ccc(N2c3ccccc3C3(c4ccccc42)c2ccccc2N(c2ccc(-c4ccccc4)cc2)c2ccc(-c4ccccc4)cc23)cc1. The summed E-state index contributed by atoms with van der Waals surface area (Å²) < 4.78 is 0. The van der Waals surface area contributed by atoms with Crippen molar-refractivity contribution in [3.05, 3.63) is 276 Å². The standard InChI is InChI=1S/C63H46N2/c1-43-18-9-10-24-52(43)62-44(2)19-17-25-53(62)48-34-39-51(40-35-48)64-58-29-14-11-26-54(58)63(55-27-12-15-30-59(55)64)56-28-13-16-31-60(56)65(50-37-32-47(33-38-50)45-20-5-3-6-21-45)61-41-36-49(42-57(61)63)46-22-7-4-8-23-46/h3-42H,1-2H3. The molecule has 0 atom stereocenters. The van der Waals surface area contributed by atoms with Gasteiger partial charge in [0.25, 0.3) is 0 Å². The fourth-order valence-corrected chi connectivity index (χ4v) is 10.8. The van der Waals surface area contributed by atoms with E-state index >= 15 is 0 Å². The molecule has 10 aromatic carbocycles. The van der Waals surface area contributed by atoms with E-state index < -0.39 is 5.41 Å². The van der Waals surface area contributed by atoms with Gasteiger partial charge in [0.2, 0.25) is 0 Å². The number of hydrogen-bond acceptors (Lipinski definition) is 2. The van der Waals surface area contributed by atoms with Crippen LogP contribution in [0.25, 0.3) is 44.5 Å². The first-order valence-electron chi connectivity index (χ1n) is 22.6. The molecule has 0 saturated carbocycles. The van der Waals surface area contributed by atoms with Crippen molar-refractivity contribution in [1.29, 1.82) is 0 Å². The Labute approximate surface area is 382 Å². The number of fused-ring (bicyclic) bond motifs is 8. The summed E-state index contributed by atoms with van der Waals surface area (Å²) in [5.74, 6) is 0. The van der Waals surface area contributed by atoms with E-state index in [2.05, 4.69) is 266 Å². The molecule has 1 spiro atoms. The molecule has 10 aromatic rings. The normalized spacial score (nSPS) is 13.1. The minimum absolute atomic E-state index is 0.648. The molecule has 0 aromatic heterocycles. The Hall–Kier alpha value is -8.20. The van der Waals surface area contributed by atoms with E-state index in [4.69, 9.17) is 0 Å². The zero-order chi connectivity index (χ0) is 43.5. The van der Waals surface area contributed by atoms with Gasteiger partial charge in [0, 0.05) is 11.4 Å². The quantitative estimate of drug-likeness (QED) is 0.165. The van der Waals surface area contributed by atoms with Gasteiger partial charge < -0.3 is 9.80 Å². The van der Waals surface area contributed by atoms with E-state index in [1.54, 1.807) is 0 Å². The molecule has 0 amide bonds. The number of para-hydroxylation sites is 3. The molecule has 0 aliphatic carbocycles. The minimum atomic E-state index is -0.648. The third-order valence-corrected chi connectivity index (χ3v) is 13.8. The first-order valence-corrected chi connectivity index (χ1v) is 22.6. The van der Waals surface area contributed by atoms with Gasteiger partial charge in [-0.05, 0) is 146 Å². The second-order valence-electron chi connectivity index (χ2n) is 17.3. The summed E-state index contributed by atoms with van der Waals surface area (Å²) in [6, 6.07) is 89.5. The molecule has 0 radical (unpaired) electrons. The average Bonchev–Trinajstić information content (AvgIpc) is 3.37. The summed E-state index contributed by atoms with van der Waals surface area (Å²) in [6.45, 7) is 4.43. The van der Waals surface area contributed by atoms with Crippen LogP contribution in [-0.2, 0) is 5.41 Å². The molecule has 2 heteroatoms. The van der Waals surface area contributed by atoms with E-state index in [0.29, 0.717) is 0 Å². The lowest BCUT2D eigenvalue weighted by Crippen LogP contribution is -2.42. The lowest BCUT2D eigenvalue weighted by Gasteiger charge is -2.51. The van der Waals surface area contributed by atoms with Gasteiger partial charge >= 0.3 is 0 Å². The molecule has 2 heterocycles. The monoisotopic (exact) mass is 830 g/mol. The molecule has 0 bridgehead atoms. The van der Waals surface area contributed by atoms with Crippen LogP contribution in [0.2, 0.25) is 0 Å². The summed E-state index contributed by atoms with van der Waals surface area (Å²) in [7, 11) is 0. The van der Waals surface area contributed by atoms with E-state index in [-0.39, 0.29) is 0 Å². The van der Waals surface area contributed by atoms with Crippen molar-refractivity contribution in [3.63, 3.8) is 0 Å². The van der Waals surface area contributed by atoms with Crippen LogP contribution in [0.5, 0.6) is 0 Å². The van der Waals surface area contributed by atoms with Gasteiger partial charge in [0.15, 0.2) is 0 Å². The largest absolute Gasteiger partial charge is 0.310 e. The highest BCUT2D eigenvalue weighted by Crippen LogP contribution is 2.64. The minimum Gasteiger partial charge on any atom is -0.310 e. The van der Waals surface area contributed by atoms with Gasteiger partial charge in [-0.15, -0.1) is 0 Å². The Balaban J connectivity index is 1.06. The van der Waals surface area contributed by atoms with Crippen molar-refractivity contribution in [1.82, 2.24) is 0 Å². The van der Waals surface area contributed by atoms with Gasteiger partial charge in [-0.1, -0.05) is 188 Å². The summed E-state index contributed by atoms with van der Waals surface area (Å²) in [5, 5.41) is 0. The van der Waals surface area contributed by atoms with Crippen molar-refractivity contribution >= 4 is 34.1 Å². The molecule has 308 valence electrons. The summed E-state index contributed by atoms with van der Waals surface area (Å²) in [4.78, 5) is 4.96. The van der Waals surface area contributed by atoms with Gasteiger partial charge in [-0.3, -0.25) is 0 Å². The Kier molecular flexibility index (Phi) is 9.21. The van der Waals surface area contributed by atoms with Crippen molar-refractivity contribution in [2.45, 2.75) is 19.3 Å². The second kappa shape index (κ2) is 15.6. The molecule has 0 saturated heterocycles. The second-order valence-corrected chi connectivity index (χ2v) is 17.3. The molecule has 0 unspecified atom stereocenters. The highest BCUT2D eigenvalue weighted by molar-refractivity contribution is 5.98.